The van der Waals surface area contributed by atoms with Gasteiger partial charge in [0.1, 0.15) is 17.9 Å². The first-order chi connectivity index (χ1) is 15.5. The molecule has 3 aromatic heterocycles. The van der Waals surface area contributed by atoms with E-state index in [1.807, 2.05) is 0 Å². The van der Waals surface area contributed by atoms with Gasteiger partial charge in [0, 0.05) is 6.54 Å². The van der Waals surface area contributed by atoms with Crippen LogP contribution in [0.25, 0.3) is 5.82 Å². The number of anilines is 1. The second kappa shape index (κ2) is 9.17. The zero-order valence-electron chi connectivity index (χ0n) is 16.9. The lowest BCUT2D eigenvalue weighted by Gasteiger charge is -2.14. The second-order valence-corrected chi connectivity index (χ2v) is 6.87. The van der Waals surface area contributed by atoms with E-state index in [9.17, 15) is 31.5 Å². The minimum atomic E-state index is -4.82. The van der Waals surface area contributed by atoms with Gasteiger partial charge < -0.3 is 10.1 Å². The van der Waals surface area contributed by atoms with Gasteiger partial charge in [0.15, 0.2) is 29.2 Å². The summed E-state index contributed by atoms with van der Waals surface area (Å²) in [6, 6.07) is 0.513. The van der Waals surface area contributed by atoms with Crippen LogP contribution in [0.1, 0.15) is 28.8 Å². The number of aromatic nitrogens is 6. The van der Waals surface area contributed by atoms with Crippen LogP contribution >= 0.6 is 11.6 Å². The molecule has 0 aliphatic heterocycles. The summed E-state index contributed by atoms with van der Waals surface area (Å²) in [6.45, 7) is -0.0468. The van der Waals surface area contributed by atoms with Gasteiger partial charge in [0.05, 0.1) is 5.69 Å². The molecule has 178 valence electrons. The van der Waals surface area contributed by atoms with E-state index >= 15 is 0 Å². The summed E-state index contributed by atoms with van der Waals surface area (Å²) >= 11 is 5.83. The third-order valence-electron chi connectivity index (χ3n) is 4.26. The van der Waals surface area contributed by atoms with Crippen molar-refractivity contribution in [1.29, 1.82) is 0 Å². The van der Waals surface area contributed by atoms with Crippen LogP contribution in [0.15, 0.2) is 10.9 Å². The Labute approximate surface area is 186 Å². The Balaban J connectivity index is 2.11. The third kappa shape index (κ3) is 4.97. The Hall–Kier alpha value is -3.49. The molecular weight excluding hydrogens is 481 g/mol. The van der Waals surface area contributed by atoms with Crippen LogP contribution < -0.4 is 15.7 Å². The number of amides is 1. The highest BCUT2D eigenvalue weighted by Crippen LogP contribution is 2.27. The summed E-state index contributed by atoms with van der Waals surface area (Å²) < 4.78 is 72.0. The van der Waals surface area contributed by atoms with Crippen molar-refractivity contribution in [2.45, 2.75) is 33.2 Å². The van der Waals surface area contributed by atoms with Crippen LogP contribution in [0.5, 0.6) is 5.88 Å². The standard InChI is InChI=1S/C17H15ClF5N7O3/c1-3-29-10(5-19)28-30(16(29)32)13-9(20)4-8(15(25-13)33-6-17(21,22)23)14(31)24-11-7(2)26-27-12(11)18/h4H,3,5-6H2,1-2H3,(H,24,31)(H,26,27). The maximum atomic E-state index is 14.8. The van der Waals surface area contributed by atoms with Gasteiger partial charge in [-0.1, -0.05) is 11.6 Å². The lowest BCUT2D eigenvalue weighted by atomic mass is 10.2. The maximum Gasteiger partial charge on any atom is 0.422 e. The summed E-state index contributed by atoms with van der Waals surface area (Å²) in [5.41, 5.74) is -1.41. The lowest BCUT2D eigenvalue weighted by Crippen LogP contribution is -2.27. The molecule has 0 bridgehead atoms. The van der Waals surface area contributed by atoms with Crippen molar-refractivity contribution in [2.75, 3.05) is 11.9 Å². The predicted octanol–water partition coefficient (Wildman–Crippen LogP) is 2.94. The van der Waals surface area contributed by atoms with Crippen molar-refractivity contribution in [1.82, 2.24) is 29.5 Å². The number of hydrogen-bond donors (Lipinski definition) is 2. The van der Waals surface area contributed by atoms with Gasteiger partial charge in [0.25, 0.3) is 5.91 Å². The Kier molecular flexibility index (Phi) is 6.71. The number of H-pyrrole nitrogens is 1. The van der Waals surface area contributed by atoms with Crippen LogP contribution in [0.2, 0.25) is 5.15 Å². The fourth-order valence-corrected chi connectivity index (χ4v) is 2.98. The number of nitrogens with one attached hydrogen (secondary N) is 2. The van der Waals surface area contributed by atoms with Crippen molar-refractivity contribution in [3.8, 4) is 11.7 Å². The number of nitrogens with zero attached hydrogens (tertiary/aromatic N) is 5. The zero-order chi connectivity index (χ0) is 24.5. The van der Waals surface area contributed by atoms with Crippen LogP contribution in [0, 0.1) is 12.7 Å². The monoisotopic (exact) mass is 495 g/mol. The molecule has 0 saturated heterocycles. The highest BCUT2D eigenvalue weighted by atomic mass is 35.5. The molecule has 0 aromatic carbocycles. The van der Waals surface area contributed by atoms with E-state index in [1.54, 1.807) is 0 Å². The molecule has 0 saturated carbocycles. The summed E-state index contributed by atoms with van der Waals surface area (Å²) in [6.07, 6.45) is -4.82. The molecule has 0 radical (unpaired) electrons. The first-order valence-electron chi connectivity index (χ1n) is 9.13. The second-order valence-electron chi connectivity index (χ2n) is 6.51. The molecule has 2 N–H and O–H groups in total. The fourth-order valence-electron chi connectivity index (χ4n) is 2.75. The van der Waals surface area contributed by atoms with Crippen molar-refractivity contribution in [3.05, 3.63) is 44.6 Å². The molecular formula is C17H15ClF5N7O3. The summed E-state index contributed by atoms with van der Waals surface area (Å²) in [5, 5.41) is 11.9. The Bertz CT molecular complexity index is 1230. The molecule has 1 amide bonds. The molecule has 0 atom stereocenters. The Morgan fingerprint density at radius 3 is 2.58 bits per heavy atom. The van der Waals surface area contributed by atoms with Gasteiger partial charge in [-0.05, 0) is 19.9 Å². The SMILES string of the molecule is CCn1c(CF)nn(-c2nc(OCC(F)(F)F)c(C(=O)Nc3c(Cl)n[nH]c3C)cc2F)c1=O. The number of aryl methyl sites for hydroxylation is 1. The number of halogens is 6. The van der Waals surface area contributed by atoms with E-state index in [4.69, 9.17) is 11.6 Å². The average molecular weight is 496 g/mol. The third-order valence-corrected chi connectivity index (χ3v) is 4.53. The average Bonchev–Trinajstić information content (AvgIpc) is 3.24. The molecule has 0 unspecified atom stereocenters. The van der Waals surface area contributed by atoms with Gasteiger partial charge >= 0.3 is 11.9 Å². The number of carbonyl (C=O) groups excluding carboxylic acids is 1. The zero-order valence-corrected chi connectivity index (χ0v) is 17.7. The fraction of sp³-hybridized carbons (Fsp3) is 0.353. The minimum absolute atomic E-state index is 0.00146. The van der Waals surface area contributed by atoms with Gasteiger partial charge in [-0.25, -0.2) is 13.6 Å². The van der Waals surface area contributed by atoms with Crippen molar-refractivity contribution in [2.24, 2.45) is 0 Å². The molecule has 10 nitrogen and oxygen atoms in total. The first-order valence-corrected chi connectivity index (χ1v) is 9.51. The van der Waals surface area contributed by atoms with Crippen LogP contribution in [-0.2, 0) is 13.2 Å². The van der Waals surface area contributed by atoms with Crippen molar-refractivity contribution in [3.63, 3.8) is 0 Å². The molecule has 0 aliphatic rings. The molecule has 3 aromatic rings. The quantitative estimate of drug-likeness (QED) is 0.486. The van der Waals surface area contributed by atoms with Crippen molar-refractivity contribution >= 4 is 23.2 Å². The number of ether oxygens (including phenoxy) is 1. The minimum Gasteiger partial charge on any atom is -0.467 e. The Morgan fingerprint density at radius 2 is 2.06 bits per heavy atom. The number of carbonyl (C=O) groups is 1. The normalized spacial score (nSPS) is 11.6. The van der Waals surface area contributed by atoms with E-state index in [1.165, 1.54) is 13.8 Å². The Morgan fingerprint density at radius 1 is 1.36 bits per heavy atom. The number of rotatable bonds is 7. The van der Waals surface area contributed by atoms with E-state index in [0.717, 1.165) is 4.57 Å². The van der Waals surface area contributed by atoms with Gasteiger partial charge in [0.2, 0.25) is 5.88 Å². The number of alkyl halides is 4. The highest BCUT2D eigenvalue weighted by Gasteiger charge is 2.31. The largest absolute Gasteiger partial charge is 0.467 e. The predicted molar refractivity (Wildman–Crippen MR) is 104 cm³/mol. The smallest absolute Gasteiger partial charge is 0.422 e. The molecule has 33 heavy (non-hydrogen) atoms. The van der Waals surface area contributed by atoms with E-state index in [0.29, 0.717) is 16.4 Å². The van der Waals surface area contributed by atoms with Crippen LogP contribution in [-0.4, -0.2) is 48.2 Å². The maximum absolute atomic E-state index is 14.8. The first kappa shape index (κ1) is 24.2. The molecule has 3 rings (SSSR count). The topological polar surface area (TPSA) is 120 Å². The van der Waals surface area contributed by atoms with Crippen molar-refractivity contribution < 1.29 is 31.5 Å². The number of pyridine rings is 1. The van der Waals surface area contributed by atoms with Gasteiger partial charge in [-0.2, -0.15) is 27.9 Å². The summed E-state index contributed by atoms with van der Waals surface area (Å²) in [5.74, 6) is -4.60. The molecule has 3 heterocycles. The molecule has 0 spiro atoms. The highest BCUT2D eigenvalue weighted by molar-refractivity contribution is 6.33. The molecule has 0 fully saturated rings. The van der Waals surface area contributed by atoms with E-state index < -0.39 is 54.1 Å². The number of aromatic amines is 1. The van der Waals surface area contributed by atoms with E-state index in [-0.39, 0.29) is 23.2 Å². The van der Waals surface area contributed by atoms with Gasteiger partial charge in [-0.15, -0.1) is 5.10 Å². The number of hydrogen-bond acceptors (Lipinski definition) is 6. The summed E-state index contributed by atoms with van der Waals surface area (Å²) in [4.78, 5) is 28.7. The summed E-state index contributed by atoms with van der Waals surface area (Å²) in [7, 11) is 0. The molecule has 0 aliphatic carbocycles. The van der Waals surface area contributed by atoms with Gasteiger partial charge in [-0.3, -0.25) is 14.5 Å². The molecule has 16 heteroatoms. The van der Waals surface area contributed by atoms with Crippen LogP contribution in [0.3, 0.4) is 0 Å². The lowest BCUT2D eigenvalue weighted by molar-refractivity contribution is -0.154. The van der Waals surface area contributed by atoms with E-state index in [2.05, 4.69) is 30.3 Å². The van der Waals surface area contributed by atoms with Crippen LogP contribution in [0.4, 0.5) is 27.6 Å².